The van der Waals surface area contributed by atoms with E-state index < -0.39 is 0 Å². The highest BCUT2D eigenvalue weighted by atomic mass is 16.2. The Morgan fingerprint density at radius 2 is 1.68 bits per heavy atom. The lowest BCUT2D eigenvalue weighted by Gasteiger charge is -2.30. The molecule has 2 amide bonds. The van der Waals surface area contributed by atoms with Gasteiger partial charge in [-0.3, -0.25) is 9.59 Å². The SMILES string of the molecule is CC1CCN(c2ccc(-c3ccc(NC(=O)C4CC(=O)N(c5ccccc5)C4)cc3)nn2)CC1. The van der Waals surface area contributed by atoms with Crippen LogP contribution in [0.5, 0.6) is 0 Å². The molecule has 7 nitrogen and oxygen atoms in total. The molecule has 0 aliphatic carbocycles. The van der Waals surface area contributed by atoms with Crippen LogP contribution in [0, 0.1) is 11.8 Å². The molecule has 2 fully saturated rings. The quantitative estimate of drug-likeness (QED) is 0.618. The van der Waals surface area contributed by atoms with Crippen LogP contribution in [0.1, 0.15) is 26.2 Å². The van der Waals surface area contributed by atoms with E-state index in [9.17, 15) is 9.59 Å². The standard InChI is InChI=1S/C27H29N5O2/c1-19-13-15-31(16-14-19)25-12-11-24(29-30-25)20-7-9-22(10-8-20)28-27(34)21-17-26(33)32(18-21)23-5-3-2-4-6-23/h2-12,19,21H,13-18H2,1H3,(H,28,34). The molecule has 2 aliphatic rings. The third-order valence-corrected chi connectivity index (χ3v) is 6.77. The molecule has 2 aliphatic heterocycles. The summed E-state index contributed by atoms with van der Waals surface area (Å²) in [6, 6.07) is 21.1. The second-order valence-corrected chi connectivity index (χ2v) is 9.25. The van der Waals surface area contributed by atoms with Crippen molar-refractivity contribution in [2.45, 2.75) is 26.2 Å². The fraction of sp³-hybridized carbons (Fsp3) is 0.333. The van der Waals surface area contributed by atoms with Crippen molar-refractivity contribution in [2.75, 3.05) is 34.8 Å². The zero-order chi connectivity index (χ0) is 23.5. The Labute approximate surface area is 199 Å². The monoisotopic (exact) mass is 455 g/mol. The van der Waals surface area contributed by atoms with Gasteiger partial charge >= 0.3 is 0 Å². The summed E-state index contributed by atoms with van der Waals surface area (Å²) >= 11 is 0. The highest BCUT2D eigenvalue weighted by Gasteiger charge is 2.35. The highest BCUT2D eigenvalue weighted by molar-refractivity contribution is 6.03. The summed E-state index contributed by atoms with van der Waals surface area (Å²) < 4.78 is 0. The van der Waals surface area contributed by atoms with Gasteiger partial charge in [-0.25, -0.2) is 0 Å². The molecule has 0 radical (unpaired) electrons. The molecular formula is C27H29N5O2. The summed E-state index contributed by atoms with van der Waals surface area (Å²) in [7, 11) is 0. The molecule has 0 spiro atoms. The average Bonchev–Trinajstić information content (AvgIpc) is 3.27. The smallest absolute Gasteiger partial charge is 0.229 e. The number of rotatable bonds is 5. The van der Waals surface area contributed by atoms with Crippen molar-refractivity contribution in [3.63, 3.8) is 0 Å². The van der Waals surface area contributed by atoms with E-state index in [-0.39, 0.29) is 24.2 Å². The zero-order valence-electron chi connectivity index (χ0n) is 19.4. The van der Waals surface area contributed by atoms with Gasteiger partial charge in [-0.05, 0) is 55.2 Å². The van der Waals surface area contributed by atoms with Crippen molar-refractivity contribution in [1.82, 2.24) is 10.2 Å². The first kappa shape index (κ1) is 22.1. The van der Waals surface area contributed by atoms with Gasteiger partial charge in [-0.1, -0.05) is 37.3 Å². The van der Waals surface area contributed by atoms with Gasteiger partial charge in [0.1, 0.15) is 0 Å². The zero-order valence-corrected chi connectivity index (χ0v) is 19.4. The topological polar surface area (TPSA) is 78.4 Å². The normalized spacial score (nSPS) is 18.9. The molecule has 7 heteroatoms. The molecule has 2 saturated heterocycles. The minimum atomic E-state index is -0.372. The van der Waals surface area contributed by atoms with Crippen molar-refractivity contribution >= 4 is 29.0 Å². The number of benzene rings is 2. The van der Waals surface area contributed by atoms with E-state index in [1.54, 1.807) is 4.90 Å². The maximum absolute atomic E-state index is 12.8. The van der Waals surface area contributed by atoms with Gasteiger partial charge in [0.05, 0.1) is 11.6 Å². The molecule has 5 rings (SSSR count). The second-order valence-electron chi connectivity index (χ2n) is 9.25. The largest absolute Gasteiger partial charge is 0.355 e. The number of carbonyl (C=O) groups excluding carboxylic acids is 2. The lowest BCUT2D eigenvalue weighted by molar-refractivity contribution is -0.122. The Morgan fingerprint density at radius 3 is 2.35 bits per heavy atom. The van der Waals surface area contributed by atoms with E-state index in [1.807, 2.05) is 66.7 Å². The predicted molar refractivity (Wildman–Crippen MR) is 134 cm³/mol. The Balaban J connectivity index is 1.19. The lowest BCUT2D eigenvalue weighted by Crippen LogP contribution is -2.33. The van der Waals surface area contributed by atoms with Crippen LogP contribution in [0.15, 0.2) is 66.7 Å². The Morgan fingerprint density at radius 1 is 0.941 bits per heavy atom. The maximum atomic E-state index is 12.8. The molecule has 2 aromatic carbocycles. The van der Waals surface area contributed by atoms with E-state index in [4.69, 9.17) is 0 Å². The van der Waals surface area contributed by atoms with E-state index >= 15 is 0 Å². The number of carbonyl (C=O) groups is 2. The molecule has 1 aromatic heterocycles. The molecule has 1 unspecified atom stereocenters. The van der Waals surface area contributed by atoms with Crippen LogP contribution in [0.3, 0.4) is 0 Å². The number of anilines is 3. The first-order chi connectivity index (χ1) is 16.6. The van der Waals surface area contributed by atoms with Gasteiger partial charge in [-0.2, -0.15) is 0 Å². The van der Waals surface area contributed by atoms with Crippen molar-refractivity contribution in [3.8, 4) is 11.3 Å². The summed E-state index contributed by atoms with van der Waals surface area (Å²) in [5.41, 5.74) is 3.27. The number of piperidine rings is 1. The van der Waals surface area contributed by atoms with Crippen molar-refractivity contribution in [3.05, 3.63) is 66.7 Å². The van der Waals surface area contributed by atoms with Crippen LogP contribution in [-0.4, -0.2) is 41.6 Å². The van der Waals surface area contributed by atoms with Gasteiger partial charge in [0.2, 0.25) is 11.8 Å². The van der Waals surface area contributed by atoms with E-state index in [1.165, 1.54) is 12.8 Å². The van der Waals surface area contributed by atoms with Crippen LogP contribution in [0.4, 0.5) is 17.2 Å². The summed E-state index contributed by atoms with van der Waals surface area (Å²) in [5, 5.41) is 11.8. The predicted octanol–water partition coefficient (Wildman–Crippen LogP) is 4.37. The molecular weight excluding hydrogens is 426 g/mol. The van der Waals surface area contributed by atoms with Crippen LogP contribution >= 0.6 is 0 Å². The minimum Gasteiger partial charge on any atom is -0.355 e. The third-order valence-electron chi connectivity index (χ3n) is 6.77. The molecule has 34 heavy (non-hydrogen) atoms. The molecule has 3 aromatic rings. The number of para-hydroxylation sites is 1. The van der Waals surface area contributed by atoms with Crippen molar-refractivity contribution in [2.24, 2.45) is 11.8 Å². The molecule has 0 bridgehead atoms. The Kier molecular flexibility index (Phi) is 6.25. The molecule has 1 N–H and O–H groups in total. The first-order valence-corrected chi connectivity index (χ1v) is 11.9. The maximum Gasteiger partial charge on any atom is 0.229 e. The fourth-order valence-electron chi connectivity index (χ4n) is 4.59. The van der Waals surface area contributed by atoms with E-state index in [0.717, 1.165) is 41.8 Å². The summed E-state index contributed by atoms with van der Waals surface area (Å²) in [4.78, 5) is 29.2. The van der Waals surface area contributed by atoms with Crippen molar-refractivity contribution < 1.29 is 9.59 Å². The Hall–Kier alpha value is -3.74. The van der Waals surface area contributed by atoms with Crippen LogP contribution in [0.25, 0.3) is 11.3 Å². The number of hydrogen-bond acceptors (Lipinski definition) is 5. The van der Waals surface area contributed by atoms with Gasteiger partial charge in [0.15, 0.2) is 5.82 Å². The van der Waals surface area contributed by atoms with E-state index in [0.29, 0.717) is 12.2 Å². The second kappa shape index (κ2) is 9.63. The number of hydrogen-bond donors (Lipinski definition) is 1. The van der Waals surface area contributed by atoms with Crippen LogP contribution < -0.4 is 15.1 Å². The average molecular weight is 456 g/mol. The number of amides is 2. The van der Waals surface area contributed by atoms with Gasteiger partial charge in [-0.15, -0.1) is 10.2 Å². The van der Waals surface area contributed by atoms with Gasteiger partial charge in [0.25, 0.3) is 0 Å². The van der Waals surface area contributed by atoms with E-state index in [2.05, 4.69) is 27.3 Å². The number of aromatic nitrogens is 2. The molecule has 1 atom stereocenters. The summed E-state index contributed by atoms with van der Waals surface area (Å²) in [6.45, 7) is 4.74. The summed E-state index contributed by atoms with van der Waals surface area (Å²) in [6.07, 6.45) is 2.60. The van der Waals surface area contributed by atoms with Crippen LogP contribution in [-0.2, 0) is 9.59 Å². The summed E-state index contributed by atoms with van der Waals surface area (Å²) in [5.74, 6) is 1.17. The first-order valence-electron chi connectivity index (χ1n) is 11.9. The fourth-order valence-corrected chi connectivity index (χ4v) is 4.59. The van der Waals surface area contributed by atoms with Gasteiger partial charge in [0, 0.05) is 43.0 Å². The molecule has 0 saturated carbocycles. The van der Waals surface area contributed by atoms with Crippen LogP contribution in [0.2, 0.25) is 0 Å². The third kappa shape index (κ3) is 4.78. The van der Waals surface area contributed by atoms with Gasteiger partial charge < -0.3 is 15.1 Å². The number of nitrogens with zero attached hydrogens (tertiary/aromatic N) is 4. The molecule has 3 heterocycles. The number of nitrogens with one attached hydrogen (secondary N) is 1. The highest BCUT2D eigenvalue weighted by Crippen LogP contribution is 2.27. The minimum absolute atomic E-state index is 0.0252. The van der Waals surface area contributed by atoms with Crippen molar-refractivity contribution in [1.29, 1.82) is 0 Å². The molecule has 174 valence electrons. The Bertz CT molecular complexity index is 1140. The lowest BCUT2D eigenvalue weighted by atomic mass is 9.99.